The first-order chi connectivity index (χ1) is 9.98. The summed E-state index contributed by atoms with van der Waals surface area (Å²) in [6.07, 6.45) is -3.54. The van der Waals surface area contributed by atoms with Crippen molar-refractivity contribution < 1.29 is 17.7 Å². The molecule has 0 amide bonds. The highest BCUT2D eigenvalue weighted by Gasteiger charge is 2.63. The number of halogens is 3. The average Bonchev–Trinajstić information content (AvgIpc) is 3.13. The summed E-state index contributed by atoms with van der Waals surface area (Å²) in [6.45, 7) is -0.0682. The number of hydrogen-bond donors (Lipinski definition) is 1. The molecule has 0 bridgehead atoms. The van der Waals surface area contributed by atoms with Gasteiger partial charge in [-0.25, -0.2) is 0 Å². The van der Waals surface area contributed by atoms with Crippen molar-refractivity contribution >= 4 is 0 Å². The highest BCUT2D eigenvalue weighted by atomic mass is 19.4. The van der Waals surface area contributed by atoms with E-state index in [1.54, 1.807) is 0 Å². The highest BCUT2D eigenvalue weighted by molar-refractivity contribution is 5.18. The Bertz CT molecular complexity index is 605. The molecule has 1 heterocycles. The van der Waals surface area contributed by atoms with Gasteiger partial charge in [0.25, 0.3) is 0 Å². The second-order valence-electron chi connectivity index (χ2n) is 5.20. The van der Waals surface area contributed by atoms with Gasteiger partial charge in [0.1, 0.15) is 5.54 Å². The van der Waals surface area contributed by atoms with Crippen LogP contribution in [0.2, 0.25) is 0 Å². The van der Waals surface area contributed by atoms with E-state index in [2.05, 4.69) is 15.5 Å². The van der Waals surface area contributed by atoms with Crippen LogP contribution in [0.15, 0.2) is 34.9 Å². The zero-order valence-corrected chi connectivity index (χ0v) is 11.2. The highest BCUT2D eigenvalue weighted by Crippen LogP contribution is 2.48. The molecule has 0 unspecified atom stereocenters. The van der Waals surface area contributed by atoms with E-state index < -0.39 is 11.7 Å². The topological polar surface area (TPSA) is 51.0 Å². The average molecular weight is 297 g/mol. The van der Waals surface area contributed by atoms with E-state index in [4.69, 9.17) is 4.52 Å². The quantitative estimate of drug-likeness (QED) is 0.922. The van der Waals surface area contributed by atoms with E-state index >= 15 is 0 Å². The van der Waals surface area contributed by atoms with Gasteiger partial charge in [-0.1, -0.05) is 35.5 Å². The van der Waals surface area contributed by atoms with Crippen molar-refractivity contribution in [2.24, 2.45) is 0 Å². The predicted molar refractivity (Wildman–Crippen MR) is 68.4 cm³/mol. The Balaban J connectivity index is 1.59. The number of alkyl halides is 3. The minimum atomic E-state index is -4.24. The molecule has 2 aromatic rings. The molecule has 4 nitrogen and oxygen atoms in total. The summed E-state index contributed by atoms with van der Waals surface area (Å²) in [7, 11) is 0. The lowest BCUT2D eigenvalue weighted by molar-refractivity contribution is -0.166. The van der Waals surface area contributed by atoms with Crippen LogP contribution < -0.4 is 5.32 Å². The maximum Gasteiger partial charge on any atom is 0.406 e. The van der Waals surface area contributed by atoms with Gasteiger partial charge in [0.15, 0.2) is 5.82 Å². The number of nitrogens with one attached hydrogen (secondary N) is 1. The molecule has 1 aromatic carbocycles. The second kappa shape index (κ2) is 5.14. The SMILES string of the molecule is FC(F)(F)C1(NCc2nc(Cc3ccccc3)no2)CC1. The molecule has 0 atom stereocenters. The predicted octanol–water partition coefficient (Wildman–Crippen LogP) is 2.84. The Morgan fingerprint density at radius 2 is 1.90 bits per heavy atom. The number of nitrogens with zero attached hydrogens (tertiary/aromatic N) is 2. The lowest BCUT2D eigenvalue weighted by Gasteiger charge is -2.19. The Morgan fingerprint density at radius 3 is 2.52 bits per heavy atom. The molecule has 0 spiro atoms. The van der Waals surface area contributed by atoms with Crippen LogP contribution in [0.5, 0.6) is 0 Å². The number of rotatable bonds is 5. The van der Waals surface area contributed by atoms with Crippen LogP contribution in [0.4, 0.5) is 13.2 Å². The van der Waals surface area contributed by atoms with E-state index in [9.17, 15) is 13.2 Å². The van der Waals surface area contributed by atoms with Crippen molar-refractivity contribution in [2.45, 2.75) is 37.5 Å². The summed E-state index contributed by atoms with van der Waals surface area (Å²) in [6, 6.07) is 9.56. The summed E-state index contributed by atoms with van der Waals surface area (Å²) in [4.78, 5) is 4.11. The molecule has 0 saturated heterocycles. The molecule has 1 aliphatic rings. The van der Waals surface area contributed by atoms with Gasteiger partial charge < -0.3 is 4.52 Å². The molecule has 1 fully saturated rings. The lowest BCUT2D eigenvalue weighted by Crippen LogP contribution is -2.44. The van der Waals surface area contributed by atoms with E-state index in [1.165, 1.54) is 0 Å². The van der Waals surface area contributed by atoms with Gasteiger partial charge in [-0.05, 0) is 18.4 Å². The largest absolute Gasteiger partial charge is 0.406 e. The molecule has 1 aromatic heterocycles. The van der Waals surface area contributed by atoms with Gasteiger partial charge in [0.05, 0.1) is 6.54 Å². The van der Waals surface area contributed by atoms with Crippen molar-refractivity contribution in [1.29, 1.82) is 0 Å². The number of hydrogen-bond acceptors (Lipinski definition) is 4. The van der Waals surface area contributed by atoms with Crippen molar-refractivity contribution in [2.75, 3.05) is 0 Å². The van der Waals surface area contributed by atoms with Crippen molar-refractivity contribution in [3.05, 3.63) is 47.6 Å². The maximum absolute atomic E-state index is 12.8. The smallest absolute Gasteiger partial charge is 0.338 e. The molecule has 21 heavy (non-hydrogen) atoms. The van der Waals surface area contributed by atoms with Gasteiger partial charge in [-0.2, -0.15) is 18.2 Å². The van der Waals surface area contributed by atoms with Gasteiger partial charge >= 0.3 is 6.18 Å². The molecule has 112 valence electrons. The third-order valence-electron chi connectivity index (χ3n) is 3.59. The van der Waals surface area contributed by atoms with Gasteiger partial charge in [0, 0.05) is 6.42 Å². The van der Waals surface area contributed by atoms with Gasteiger partial charge in [0.2, 0.25) is 5.89 Å². The van der Waals surface area contributed by atoms with Crippen LogP contribution in [0.3, 0.4) is 0 Å². The lowest BCUT2D eigenvalue weighted by atomic mass is 10.1. The minimum absolute atomic E-state index is 0.0682. The third-order valence-corrected chi connectivity index (χ3v) is 3.59. The van der Waals surface area contributed by atoms with Gasteiger partial charge in [-0.3, -0.25) is 5.32 Å². The Kier molecular flexibility index (Phi) is 3.44. The van der Waals surface area contributed by atoms with Crippen LogP contribution in [0, 0.1) is 0 Å². The summed E-state index contributed by atoms with van der Waals surface area (Å²) in [5, 5.41) is 6.27. The van der Waals surface area contributed by atoms with E-state index in [0.717, 1.165) is 5.56 Å². The fourth-order valence-corrected chi connectivity index (χ4v) is 2.14. The van der Waals surface area contributed by atoms with E-state index in [-0.39, 0.29) is 25.3 Å². The molecule has 1 aliphatic carbocycles. The van der Waals surface area contributed by atoms with E-state index in [0.29, 0.717) is 12.2 Å². The van der Waals surface area contributed by atoms with Crippen LogP contribution in [0.25, 0.3) is 0 Å². The monoisotopic (exact) mass is 297 g/mol. The Hall–Kier alpha value is -1.89. The molecule has 7 heteroatoms. The molecule has 3 rings (SSSR count). The van der Waals surface area contributed by atoms with Crippen molar-refractivity contribution in [3.63, 3.8) is 0 Å². The minimum Gasteiger partial charge on any atom is -0.338 e. The normalized spacial score (nSPS) is 16.9. The zero-order valence-electron chi connectivity index (χ0n) is 11.2. The second-order valence-corrected chi connectivity index (χ2v) is 5.20. The number of aromatic nitrogens is 2. The summed E-state index contributed by atoms with van der Waals surface area (Å²) in [5.41, 5.74) is -0.743. The summed E-state index contributed by atoms with van der Waals surface area (Å²) < 4.78 is 43.3. The first-order valence-electron chi connectivity index (χ1n) is 6.66. The van der Waals surface area contributed by atoms with Crippen LogP contribution in [-0.2, 0) is 13.0 Å². The molecule has 0 radical (unpaired) electrons. The van der Waals surface area contributed by atoms with Crippen molar-refractivity contribution in [1.82, 2.24) is 15.5 Å². The van der Waals surface area contributed by atoms with Crippen LogP contribution in [-0.4, -0.2) is 21.9 Å². The maximum atomic E-state index is 12.8. The Morgan fingerprint density at radius 1 is 1.19 bits per heavy atom. The molecule has 1 N–H and O–H groups in total. The Labute approximate surface area is 119 Å². The molecular formula is C14H14F3N3O. The van der Waals surface area contributed by atoms with Crippen LogP contribution in [0.1, 0.15) is 30.1 Å². The van der Waals surface area contributed by atoms with E-state index in [1.807, 2.05) is 30.3 Å². The summed E-state index contributed by atoms with van der Waals surface area (Å²) in [5.74, 6) is 0.645. The third kappa shape index (κ3) is 3.07. The van der Waals surface area contributed by atoms with Gasteiger partial charge in [-0.15, -0.1) is 0 Å². The number of benzene rings is 1. The first-order valence-corrected chi connectivity index (χ1v) is 6.66. The fourth-order valence-electron chi connectivity index (χ4n) is 2.14. The fraction of sp³-hybridized carbons (Fsp3) is 0.429. The standard InChI is InChI=1S/C14H14F3N3O/c15-14(16,17)13(6-7-13)18-9-12-19-11(20-21-12)8-10-4-2-1-3-5-10/h1-5,18H,6-9H2. The first kappa shape index (κ1) is 14.1. The van der Waals surface area contributed by atoms with Crippen molar-refractivity contribution in [3.8, 4) is 0 Å². The molecular weight excluding hydrogens is 283 g/mol. The zero-order chi connectivity index (χ0) is 14.9. The molecule has 0 aliphatic heterocycles. The summed E-state index contributed by atoms with van der Waals surface area (Å²) >= 11 is 0. The molecule has 1 saturated carbocycles. The van der Waals surface area contributed by atoms with Crippen LogP contribution >= 0.6 is 0 Å².